The predicted octanol–water partition coefficient (Wildman–Crippen LogP) is 3.79. The highest BCUT2D eigenvalue weighted by Gasteiger charge is 2.39. The summed E-state index contributed by atoms with van der Waals surface area (Å²) in [5.74, 6) is -1.46. The Morgan fingerprint density at radius 1 is 1.10 bits per heavy atom. The molecule has 0 fully saturated rings. The van der Waals surface area contributed by atoms with Gasteiger partial charge in [0.25, 0.3) is 0 Å². The fourth-order valence-corrected chi connectivity index (χ4v) is 2.24. The summed E-state index contributed by atoms with van der Waals surface area (Å²) in [6.45, 7) is -1.14. The average Bonchev–Trinajstić information content (AvgIpc) is 2.66. The molecule has 1 N–H and O–H groups in total. The van der Waals surface area contributed by atoms with Crippen LogP contribution in [0, 0.1) is 0 Å². The van der Waals surface area contributed by atoms with E-state index in [1.54, 1.807) is 0 Å². The summed E-state index contributed by atoms with van der Waals surface area (Å²) in [6.07, 6.45) is -9.61. The van der Waals surface area contributed by atoms with E-state index in [-0.39, 0.29) is 14.6 Å². The van der Waals surface area contributed by atoms with Crippen molar-refractivity contribution in [1.29, 1.82) is 0 Å². The van der Waals surface area contributed by atoms with Crippen molar-refractivity contribution in [2.75, 3.05) is 0 Å². The van der Waals surface area contributed by atoms with Gasteiger partial charge in [-0.1, -0.05) is 0 Å². The van der Waals surface area contributed by atoms with Crippen LogP contribution < -0.4 is 0 Å². The quantitative estimate of drug-likeness (QED) is 0.784. The van der Waals surface area contributed by atoms with Crippen LogP contribution in [0.15, 0.2) is 16.6 Å². The number of halogens is 7. The number of hydrogen-bond acceptors (Lipinski definition) is 2. The Bertz CT molecular complexity index is 660. The van der Waals surface area contributed by atoms with Crippen LogP contribution in [0.2, 0.25) is 0 Å². The molecule has 0 aliphatic rings. The first kappa shape index (κ1) is 15.1. The molecule has 0 atom stereocenters. The van der Waals surface area contributed by atoms with Gasteiger partial charge in [0, 0.05) is 4.47 Å². The Morgan fingerprint density at radius 3 is 2.15 bits per heavy atom. The van der Waals surface area contributed by atoms with Crippen LogP contribution in [0.25, 0.3) is 11.0 Å². The van der Waals surface area contributed by atoms with Gasteiger partial charge in [-0.3, -0.25) is 4.57 Å². The summed E-state index contributed by atoms with van der Waals surface area (Å²) in [5.41, 5.74) is -1.90. The average molecular weight is 363 g/mol. The Morgan fingerprint density at radius 2 is 1.70 bits per heavy atom. The highest BCUT2D eigenvalue weighted by Crippen LogP contribution is 2.38. The van der Waals surface area contributed by atoms with E-state index < -0.39 is 36.0 Å². The summed E-state index contributed by atoms with van der Waals surface area (Å²) >= 11 is 2.76. The zero-order chi connectivity index (χ0) is 15.3. The molecule has 0 bridgehead atoms. The third kappa shape index (κ3) is 2.49. The lowest BCUT2D eigenvalue weighted by Crippen LogP contribution is -2.15. The molecule has 2 aromatic rings. The molecule has 0 aliphatic heterocycles. The number of aromatic nitrogens is 2. The molecule has 1 heterocycles. The fourth-order valence-electron chi connectivity index (χ4n) is 1.70. The number of imidazole rings is 1. The second kappa shape index (κ2) is 4.62. The number of alkyl halides is 6. The molecule has 2 rings (SSSR count). The van der Waals surface area contributed by atoms with Crippen molar-refractivity contribution >= 4 is 27.0 Å². The van der Waals surface area contributed by atoms with E-state index in [1.807, 2.05) is 0 Å². The van der Waals surface area contributed by atoms with Crippen molar-refractivity contribution in [2.24, 2.45) is 0 Å². The van der Waals surface area contributed by atoms with Gasteiger partial charge in [-0.15, -0.1) is 0 Å². The van der Waals surface area contributed by atoms with Crippen LogP contribution in [-0.4, -0.2) is 14.7 Å². The molecule has 0 amide bonds. The Hall–Kier alpha value is -1.29. The normalized spacial score (nSPS) is 13.2. The zero-order valence-corrected chi connectivity index (χ0v) is 10.9. The largest absolute Gasteiger partial charge is 0.449 e. The number of aliphatic hydroxyl groups excluding tert-OH is 1. The van der Waals surface area contributed by atoms with Crippen LogP contribution in [0.1, 0.15) is 11.4 Å². The molecule has 0 spiro atoms. The van der Waals surface area contributed by atoms with E-state index in [0.717, 1.165) is 0 Å². The molecule has 0 saturated carbocycles. The van der Waals surface area contributed by atoms with E-state index in [4.69, 9.17) is 5.11 Å². The fraction of sp³-hybridized carbons (Fsp3) is 0.300. The van der Waals surface area contributed by atoms with Crippen LogP contribution in [0.4, 0.5) is 26.3 Å². The molecular weight excluding hydrogens is 358 g/mol. The van der Waals surface area contributed by atoms with Crippen LogP contribution in [-0.2, 0) is 19.1 Å². The van der Waals surface area contributed by atoms with E-state index in [1.165, 1.54) is 0 Å². The van der Waals surface area contributed by atoms with Crippen molar-refractivity contribution in [1.82, 2.24) is 9.55 Å². The number of fused-ring (bicyclic) bond motifs is 1. The second-order valence-electron chi connectivity index (χ2n) is 3.83. The van der Waals surface area contributed by atoms with Gasteiger partial charge in [0.05, 0.1) is 11.1 Å². The lowest BCUT2D eigenvalue weighted by Gasteiger charge is -2.10. The summed E-state index contributed by atoms with van der Waals surface area (Å²) in [7, 11) is 0. The van der Waals surface area contributed by atoms with Gasteiger partial charge in [-0.2, -0.15) is 26.3 Å². The Kier molecular flexibility index (Phi) is 3.49. The number of aliphatic hydroxyl groups is 1. The topological polar surface area (TPSA) is 38.0 Å². The highest BCUT2D eigenvalue weighted by atomic mass is 79.9. The van der Waals surface area contributed by atoms with Crippen molar-refractivity contribution in [3.05, 3.63) is 28.0 Å². The molecule has 0 saturated heterocycles. The van der Waals surface area contributed by atoms with Crippen molar-refractivity contribution in [2.45, 2.75) is 19.1 Å². The smallest absolute Gasteiger partial charge is 0.376 e. The van der Waals surface area contributed by atoms with Crippen LogP contribution in [0.5, 0.6) is 0 Å². The monoisotopic (exact) mass is 362 g/mol. The minimum atomic E-state index is -4.89. The SMILES string of the molecule is OCn1c(C(F)(F)F)nc2c(Br)cc(C(F)(F)F)cc21. The molecule has 3 nitrogen and oxygen atoms in total. The molecule has 110 valence electrons. The number of benzene rings is 1. The number of nitrogens with zero attached hydrogens (tertiary/aromatic N) is 2. The lowest BCUT2D eigenvalue weighted by atomic mass is 10.2. The molecule has 0 unspecified atom stereocenters. The van der Waals surface area contributed by atoms with E-state index in [2.05, 4.69) is 20.9 Å². The van der Waals surface area contributed by atoms with E-state index in [0.29, 0.717) is 12.1 Å². The molecule has 20 heavy (non-hydrogen) atoms. The first-order valence-electron chi connectivity index (χ1n) is 5.00. The van der Waals surface area contributed by atoms with Crippen molar-refractivity contribution in [3.63, 3.8) is 0 Å². The standard InChI is InChI=1S/C10H5BrF6N2O/c11-5-1-4(9(12,13)14)2-6-7(5)18-8(10(15,16)17)19(6)3-20/h1-2,20H,3H2. The summed E-state index contributed by atoms with van der Waals surface area (Å²) in [6, 6.07) is 1.15. The first-order valence-corrected chi connectivity index (χ1v) is 5.80. The Labute approximate surface area is 116 Å². The molecule has 1 aromatic heterocycles. The Balaban J connectivity index is 2.83. The summed E-state index contributed by atoms with van der Waals surface area (Å²) in [5, 5.41) is 8.98. The maximum absolute atomic E-state index is 12.7. The number of rotatable bonds is 1. The maximum Gasteiger partial charge on any atom is 0.449 e. The first-order chi connectivity index (χ1) is 9.05. The third-order valence-electron chi connectivity index (χ3n) is 2.53. The van der Waals surface area contributed by atoms with Crippen LogP contribution in [0.3, 0.4) is 0 Å². The maximum atomic E-state index is 12.7. The lowest BCUT2D eigenvalue weighted by molar-refractivity contribution is -0.148. The molecule has 10 heteroatoms. The highest BCUT2D eigenvalue weighted by molar-refractivity contribution is 9.10. The van der Waals surface area contributed by atoms with Crippen molar-refractivity contribution < 1.29 is 31.4 Å². The second-order valence-corrected chi connectivity index (χ2v) is 4.68. The minimum Gasteiger partial charge on any atom is -0.376 e. The molecular formula is C10H5BrF6N2O. The molecule has 0 aliphatic carbocycles. The van der Waals surface area contributed by atoms with Gasteiger partial charge in [0.2, 0.25) is 5.82 Å². The minimum absolute atomic E-state index is 0.236. The zero-order valence-electron chi connectivity index (χ0n) is 9.35. The summed E-state index contributed by atoms with van der Waals surface area (Å²) < 4.78 is 76.1. The third-order valence-corrected chi connectivity index (χ3v) is 3.13. The van der Waals surface area contributed by atoms with Crippen LogP contribution >= 0.6 is 15.9 Å². The van der Waals surface area contributed by atoms with E-state index >= 15 is 0 Å². The van der Waals surface area contributed by atoms with Gasteiger partial charge in [0.15, 0.2) is 0 Å². The van der Waals surface area contributed by atoms with Crippen molar-refractivity contribution in [3.8, 4) is 0 Å². The predicted molar refractivity (Wildman–Crippen MR) is 59.7 cm³/mol. The van der Waals surface area contributed by atoms with Gasteiger partial charge >= 0.3 is 12.4 Å². The number of hydrogen-bond donors (Lipinski definition) is 1. The van der Waals surface area contributed by atoms with Gasteiger partial charge < -0.3 is 5.11 Å². The van der Waals surface area contributed by atoms with E-state index in [9.17, 15) is 26.3 Å². The summed E-state index contributed by atoms with van der Waals surface area (Å²) in [4.78, 5) is 3.24. The van der Waals surface area contributed by atoms with Gasteiger partial charge in [0.1, 0.15) is 12.2 Å². The van der Waals surface area contributed by atoms with Gasteiger partial charge in [-0.05, 0) is 28.1 Å². The molecule has 0 radical (unpaired) electrons. The van der Waals surface area contributed by atoms with Gasteiger partial charge in [-0.25, -0.2) is 4.98 Å². The molecule has 1 aromatic carbocycles.